The fourth-order valence-electron chi connectivity index (χ4n) is 2.58. The molecule has 0 fully saturated rings. The van der Waals surface area contributed by atoms with Crippen molar-refractivity contribution in [3.63, 3.8) is 0 Å². The smallest absolute Gasteiger partial charge is 0.251 e. The molecular formula is C15H21NO. The van der Waals surface area contributed by atoms with Crippen molar-refractivity contribution in [1.82, 2.24) is 5.32 Å². The van der Waals surface area contributed by atoms with Crippen LogP contribution in [0.4, 0.5) is 0 Å². The molecule has 2 heteroatoms. The monoisotopic (exact) mass is 231 g/mol. The number of benzene rings is 1. The Bertz CT molecular complexity index is 423. The molecule has 0 aliphatic carbocycles. The summed E-state index contributed by atoms with van der Waals surface area (Å²) in [6.45, 7) is 7.37. The molecule has 1 aromatic rings. The average Bonchev–Trinajstić information content (AvgIpc) is 2.32. The third-order valence-electron chi connectivity index (χ3n) is 3.48. The second-order valence-electron chi connectivity index (χ2n) is 5.31. The Balaban J connectivity index is 2.36. The molecule has 0 aromatic heterocycles. The largest absolute Gasteiger partial charge is 0.351 e. The van der Waals surface area contributed by atoms with Crippen LogP contribution in [0.2, 0.25) is 0 Å². The Labute approximate surface area is 103 Å². The van der Waals surface area contributed by atoms with E-state index in [0.29, 0.717) is 11.8 Å². The van der Waals surface area contributed by atoms with Crippen LogP contribution >= 0.6 is 0 Å². The van der Waals surface area contributed by atoms with E-state index in [1.54, 1.807) is 0 Å². The molecule has 2 rings (SSSR count). The van der Waals surface area contributed by atoms with Gasteiger partial charge >= 0.3 is 0 Å². The zero-order chi connectivity index (χ0) is 12.4. The first-order valence-electron chi connectivity index (χ1n) is 6.52. The minimum atomic E-state index is 0.0929. The summed E-state index contributed by atoms with van der Waals surface area (Å²) < 4.78 is 0. The van der Waals surface area contributed by atoms with Crippen molar-refractivity contribution in [2.24, 2.45) is 5.92 Å². The number of carbonyl (C=O) groups is 1. The highest BCUT2D eigenvalue weighted by Gasteiger charge is 2.25. The minimum Gasteiger partial charge on any atom is -0.351 e. The predicted molar refractivity (Wildman–Crippen MR) is 70.3 cm³/mol. The fourth-order valence-corrected chi connectivity index (χ4v) is 2.58. The zero-order valence-corrected chi connectivity index (χ0v) is 10.9. The summed E-state index contributed by atoms with van der Waals surface area (Å²) in [6.07, 6.45) is 2.12. The van der Waals surface area contributed by atoms with Crippen LogP contribution in [-0.4, -0.2) is 12.5 Å². The molecule has 17 heavy (non-hydrogen) atoms. The molecule has 1 amide bonds. The SMILES string of the molecule is CCc1ccc2c(c1)C(=O)NCC2CC(C)C. The third kappa shape index (κ3) is 2.51. The Morgan fingerprint density at radius 2 is 2.18 bits per heavy atom. The molecule has 1 heterocycles. The predicted octanol–water partition coefficient (Wildman–Crippen LogP) is 3.12. The van der Waals surface area contributed by atoms with Crippen molar-refractivity contribution >= 4 is 5.91 Å². The van der Waals surface area contributed by atoms with Gasteiger partial charge in [0.15, 0.2) is 0 Å². The van der Waals surface area contributed by atoms with E-state index in [1.807, 2.05) is 0 Å². The van der Waals surface area contributed by atoms with E-state index >= 15 is 0 Å². The highest BCUT2D eigenvalue weighted by atomic mass is 16.1. The van der Waals surface area contributed by atoms with E-state index in [0.717, 1.165) is 24.9 Å². The van der Waals surface area contributed by atoms with Gasteiger partial charge in [0.05, 0.1) is 0 Å². The van der Waals surface area contributed by atoms with E-state index in [1.165, 1.54) is 11.1 Å². The van der Waals surface area contributed by atoms with Gasteiger partial charge in [-0.05, 0) is 36.0 Å². The molecule has 0 radical (unpaired) electrons. The number of hydrogen-bond acceptors (Lipinski definition) is 1. The maximum atomic E-state index is 11.9. The number of hydrogen-bond donors (Lipinski definition) is 1. The van der Waals surface area contributed by atoms with Crippen molar-refractivity contribution in [2.45, 2.75) is 39.5 Å². The van der Waals surface area contributed by atoms with Gasteiger partial charge in [-0.15, -0.1) is 0 Å². The normalized spacial score (nSPS) is 19.1. The average molecular weight is 231 g/mol. The number of carbonyl (C=O) groups excluding carboxylic acids is 1. The van der Waals surface area contributed by atoms with Crippen LogP contribution in [0.5, 0.6) is 0 Å². The lowest BCUT2D eigenvalue weighted by Crippen LogP contribution is -2.35. The second-order valence-corrected chi connectivity index (χ2v) is 5.31. The van der Waals surface area contributed by atoms with Crippen LogP contribution in [0.3, 0.4) is 0 Å². The van der Waals surface area contributed by atoms with E-state index in [-0.39, 0.29) is 5.91 Å². The summed E-state index contributed by atoms with van der Waals surface area (Å²) in [7, 11) is 0. The molecule has 1 N–H and O–H groups in total. The topological polar surface area (TPSA) is 29.1 Å². The molecule has 0 saturated carbocycles. The van der Waals surface area contributed by atoms with Gasteiger partial charge < -0.3 is 5.32 Å². The molecule has 2 nitrogen and oxygen atoms in total. The third-order valence-corrected chi connectivity index (χ3v) is 3.48. The van der Waals surface area contributed by atoms with Gasteiger partial charge in [0, 0.05) is 18.0 Å². The fraction of sp³-hybridized carbons (Fsp3) is 0.533. The van der Waals surface area contributed by atoms with Crippen LogP contribution in [0.1, 0.15) is 54.6 Å². The lowest BCUT2D eigenvalue weighted by molar-refractivity contribution is 0.0938. The Kier molecular flexibility index (Phi) is 3.51. The Morgan fingerprint density at radius 3 is 2.82 bits per heavy atom. The van der Waals surface area contributed by atoms with Gasteiger partial charge in [-0.25, -0.2) is 0 Å². The maximum Gasteiger partial charge on any atom is 0.251 e. The summed E-state index contributed by atoms with van der Waals surface area (Å²) in [5.41, 5.74) is 3.37. The van der Waals surface area contributed by atoms with Crippen molar-refractivity contribution in [3.8, 4) is 0 Å². The first kappa shape index (κ1) is 12.2. The van der Waals surface area contributed by atoms with Gasteiger partial charge in [0.1, 0.15) is 0 Å². The number of rotatable bonds is 3. The minimum absolute atomic E-state index is 0.0929. The summed E-state index contributed by atoms with van der Waals surface area (Å²) in [4.78, 5) is 11.9. The lowest BCUT2D eigenvalue weighted by Gasteiger charge is -2.27. The zero-order valence-electron chi connectivity index (χ0n) is 10.9. The quantitative estimate of drug-likeness (QED) is 0.850. The number of fused-ring (bicyclic) bond motifs is 1. The molecule has 92 valence electrons. The van der Waals surface area contributed by atoms with Crippen LogP contribution < -0.4 is 5.32 Å². The molecule has 1 aliphatic rings. The first-order chi connectivity index (χ1) is 8.11. The molecule has 1 aromatic carbocycles. The highest BCUT2D eigenvalue weighted by molar-refractivity contribution is 5.97. The van der Waals surface area contributed by atoms with Crippen molar-refractivity contribution in [1.29, 1.82) is 0 Å². The molecule has 1 aliphatic heterocycles. The van der Waals surface area contributed by atoms with Crippen LogP contribution in [-0.2, 0) is 6.42 Å². The van der Waals surface area contributed by atoms with E-state index < -0.39 is 0 Å². The van der Waals surface area contributed by atoms with Gasteiger partial charge in [-0.3, -0.25) is 4.79 Å². The van der Waals surface area contributed by atoms with Crippen molar-refractivity contribution < 1.29 is 4.79 Å². The Morgan fingerprint density at radius 1 is 1.41 bits per heavy atom. The molecule has 0 spiro atoms. The summed E-state index contributed by atoms with van der Waals surface area (Å²) in [5, 5.41) is 3.01. The van der Waals surface area contributed by atoms with Gasteiger partial charge in [-0.2, -0.15) is 0 Å². The van der Waals surface area contributed by atoms with Crippen molar-refractivity contribution in [2.75, 3.05) is 6.54 Å². The molecule has 1 unspecified atom stereocenters. The van der Waals surface area contributed by atoms with Crippen LogP contribution in [0, 0.1) is 5.92 Å². The summed E-state index contributed by atoms with van der Waals surface area (Å²) >= 11 is 0. The van der Waals surface area contributed by atoms with Crippen LogP contribution in [0.25, 0.3) is 0 Å². The lowest BCUT2D eigenvalue weighted by atomic mass is 9.84. The van der Waals surface area contributed by atoms with Crippen molar-refractivity contribution in [3.05, 3.63) is 34.9 Å². The van der Waals surface area contributed by atoms with Gasteiger partial charge in [0.2, 0.25) is 0 Å². The Hall–Kier alpha value is -1.31. The molecule has 1 atom stereocenters. The first-order valence-corrected chi connectivity index (χ1v) is 6.52. The number of nitrogens with one attached hydrogen (secondary N) is 1. The van der Waals surface area contributed by atoms with E-state index in [2.05, 4.69) is 44.3 Å². The molecule has 0 bridgehead atoms. The molecule has 0 saturated heterocycles. The highest BCUT2D eigenvalue weighted by Crippen LogP contribution is 2.30. The molecular weight excluding hydrogens is 210 g/mol. The van der Waals surface area contributed by atoms with E-state index in [9.17, 15) is 4.79 Å². The van der Waals surface area contributed by atoms with Gasteiger partial charge in [-0.1, -0.05) is 32.9 Å². The standard InChI is InChI=1S/C15H21NO/c1-4-11-5-6-13-12(7-10(2)3)9-16-15(17)14(13)8-11/h5-6,8,10,12H,4,7,9H2,1-3H3,(H,16,17). The van der Waals surface area contributed by atoms with E-state index in [4.69, 9.17) is 0 Å². The summed E-state index contributed by atoms with van der Waals surface area (Å²) in [5.74, 6) is 1.23. The maximum absolute atomic E-state index is 11.9. The second kappa shape index (κ2) is 4.91. The number of amides is 1. The number of aryl methyl sites for hydroxylation is 1. The van der Waals surface area contributed by atoms with Gasteiger partial charge in [0.25, 0.3) is 5.91 Å². The van der Waals surface area contributed by atoms with Crippen LogP contribution in [0.15, 0.2) is 18.2 Å². The summed E-state index contributed by atoms with van der Waals surface area (Å²) in [6, 6.07) is 6.36.